The number of benzene rings is 1. The molecule has 1 aromatic heterocycles. The first-order chi connectivity index (χ1) is 11.6. The van der Waals surface area contributed by atoms with E-state index in [0.29, 0.717) is 19.0 Å². The van der Waals surface area contributed by atoms with E-state index >= 15 is 0 Å². The van der Waals surface area contributed by atoms with Gasteiger partial charge in [-0.2, -0.15) is 8.78 Å². The number of ether oxygens (including phenoxy) is 1. The van der Waals surface area contributed by atoms with Crippen molar-refractivity contribution in [3.05, 3.63) is 52.0 Å². The van der Waals surface area contributed by atoms with Crippen molar-refractivity contribution in [3.8, 4) is 5.75 Å². The molecule has 2 N–H and O–H groups in total. The maximum absolute atomic E-state index is 13.9. The van der Waals surface area contributed by atoms with Crippen LogP contribution in [0.15, 0.2) is 40.7 Å². The molecular formula is C16H18F3N3OS. The first-order valence-electron chi connectivity index (χ1n) is 7.37. The number of alkyl halides is 2. The number of hydrogen-bond acceptors (Lipinski definition) is 3. The Morgan fingerprint density at radius 3 is 2.75 bits per heavy atom. The molecule has 1 aromatic carbocycles. The maximum atomic E-state index is 13.9. The van der Waals surface area contributed by atoms with Gasteiger partial charge in [-0.3, -0.25) is 0 Å². The molecule has 0 saturated heterocycles. The molecule has 0 atom stereocenters. The van der Waals surface area contributed by atoms with Crippen molar-refractivity contribution in [1.82, 2.24) is 10.6 Å². The monoisotopic (exact) mass is 357 g/mol. The second-order valence-corrected chi connectivity index (χ2v) is 5.76. The van der Waals surface area contributed by atoms with Crippen LogP contribution in [0, 0.1) is 5.82 Å². The zero-order valence-corrected chi connectivity index (χ0v) is 13.9. The van der Waals surface area contributed by atoms with E-state index < -0.39 is 12.4 Å². The van der Waals surface area contributed by atoms with Gasteiger partial charge in [0.2, 0.25) is 0 Å². The van der Waals surface area contributed by atoms with E-state index in [1.807, 2.05) is 24.4 Å². The average molecular weight is 357 g/mol. The van der Waals surface area contributed by atoms with Gasteiger partial charge in [0.05, 0.1) is 18.7 Å². The summed E-state index contributed by atoms with van der Waals surface area (Å²) in [4.78, 5) is 5.36. The highest BCUT2D eigenvalue weighted by atomic mass is 32.1. The van der Waals surface area contributed by atoms with Gasteiger partial charge in [-0.15, -0.1) is 11.3 Å². The normalized spacial score (nSPS) is 11.6. The van der Waals surface area contributed by atoms with Gasteiger partial charge in [-0.05, 0) is 30.5 Å². The van der Waals surface area contributed by atoms with Crippen molar-refractivity contribution in [2.75, 3.05) is 6.54 Å². The lowest BCUT2D eigenvalue weighted by atomic mass is 10.2. The van der Waals surface area contributed by atoms with Gasteiger partial charge < -0.3 is 15.4 Å². The summed E-state index contributed by atoms with van der Waals surface area (Å²) in [7, 11) is 0. The van der Waals surface area contributed by atoms with Gasteiger partial charge >= 0.3 is 6.61 Å². The van der Waals surface area contributed by atoms with Crippen molar-refractivity contribution in [3.63, 3.8) is 0 Å². The Morgan fingerprint density at radius 1 is 1.25 bits per heavy atom. The lowest BCUT2D eigenvalue weighted by molar-refractivity contribution is -0.0506. The molecule has 0 aliphatic rings. The van der Waals surface area contributed by atoms with Gasteiger partial charge in [0, 0.05) is 11.4 Å². The molecule has 0 spiro atoms. The molecule has 0 radical (unpaired) electrons. The zero-order valence-electron chi connectivity index (χ0n) is 13.1. The number of guanidine groups is 1. The van der Waals surface area contributed by atoms with Gasteiger partial charge in [-0.1, -0.05) is 12.1 Å². The third kappa shape index (κ3) is 5.45. The SMILES string of the molecule is CCNC(=NCc1c(F)cccc1OC(F)F)NCc1cccs1. The number of nitrogens with one attached hydrogen (secondary N) is 2. The fraction of sp³-hybridized carbons (Fsp3) is 0.312. The van der Waals surface area contributed by atoms with Crippen LogP contribution in [-0.4, -0.2) is 19.1 Å². The largest absolute Gasteiger partial charge is 0.434 e. The van der Waals surface area contributed by atoms with E-state index in [0.717, 1.165) is 4.88 Å². The van der Waals surface area contributed by atoms with E-state index in [1.54, 1.807) is 11.3 Å². The first kappa shape index (κ1) is 18.1. The minimum Gasteiger partial charge on any atom is -0.434 e. The van der Waals surface area contributed by atoms with E-state index in [1.165, 1.54) is 18.2 Å². The molecule has 24 heavy (non-hydrogen) atoms. The standard InChI is InChI=1S/C16H18F3N3OS/c1-2-20-16(21-9-11-5-4-8-24-11)22-10-12-13(17)6-3-7-14(12)23-15(18)19/h3-8,15H,2,9-10H2,1H3,(H2,20,21,22). The van der Waals surface area contributed by atoms with Crippen molar-refractivity contribution >= 4 is 17.3 Å². The highest BCUT2D eigenvalue weighted by Gasteiger charge is 2.13. The summed E-state index contributed by atoms with van der Waals surface area (Å²) in [6.07, 6.45) is 0. The second-order valence-electron chi connectivity index (χ2n) is 4.72. The predicted octanol–water partition coefficient (Wildman–Crippen LogP) is 3.74. The van der Waals surface area contributed by atoms with Crippen LogP contribution in [0.2, 0.25) is 0 Å². The van der Waals surface area contributed by atoms with Gasteiger partial charge in [-0.25, -0.2) is 9.38 Å². The molecular weight excluding hydrogens is 339 g/mol. The topological polar surface area (TPSA) is 45.7 Å². The number of thiophene rings is 1. The summed E-state index contributed by atoms with van der Waals surface area (Å²) in [6, 6.07) is 7.73. The quantitative estimate of drug-likeness (QED) is 0.586. The number of nitrogens with zero attached hydrogens (tertiary/aromatic N) is 1. The Morgan fingerprint density at radius 2 is 2.08 bits per heavy atom. The molecule has 1 heterocycles. The molecule has 2 aromatic rings. The molecule has 0 amide bonds. The Labute approximate surface area is 142 Å². The van der Waals surface area contributed by atoms with Gasteiger partial charge in [0.15, 0.2) is 5.96 Å². The fourth-order valence-electron chi connectivity index (χ4n) is 1.98. The molecule has 4 nitrogen and oxygen atoms in total. The summed E-state index contributed by atoms with van der Waals surface area (Å²) in [6.45, 7) is -0.0415. The molecule has 0 unspecified atom stereocenters. The van der Waals surface area contributed by atoms with Crippen molar-refractivity contribution < 1.29 is 17.9 Å². The van der Waals surface area contributed by atoms with Crippen LogP contribution >= 0.6 is 11.3 Å². The maximum Gasteiger partial charge on any atom is 0.387 e. The summed E-state index contributed by atoms with van der Waals surface area (Å²) < 4.78 is 43.1. The predicted molar refractivity (Wildman–Crippen MR) is 89.0 cm³/mol. The van der Waals surface area contributed by atoms with Crippen LogP contribution in [-0.2, 0) is 13.1 Å². The van der Waals surface area contributed by atoms with Crippen LogP contribution in [0.1, 0.15) is 17.4 Å². The number of hydrogen-bond donors (Lipinski definition) is 2. The first-order valence-corrected chi connectivity index (χ1v) is 8.25. The van der Waals surface area contributed by atoms with E-state index in [-0.39, 0.29) is 17.9 Å². The van der Waals surface area contributed by atoms with E-state index in [2.05, 4.69) is 20.4 Å². The second kappa shape index (κ2) is 9.17. The Balaban J connectivity index is 2.10. The fourth-order valence-corrected chi connectivity index (χ4v) is 2.63. The average Bonchev–Trinajstić information content (AvgIpc) is 3.04. The lowest BCUT2D eigenvalue weighted by Gasteiger charge is -2.13. The molecule has 0 aliphatic heterocycles. The van der Waals surface area contributed by atoms with Gasteiger partial charge in [0.1, 0.15) is 11.6 Å². The van der Waals surface area contributed by atoms with E-state index in [4.69, 9.17) is 0 Å². The molecule has 0 fully saturated rings. The van der Waals surface area contributed by atoms with Crippen LogP contribution < -0.4 is 15.4 Å². The third-order valence-electron chi connectivity index (χ3n) is 3.04. The highest BCUT2D eigenvalue weighted by Crippen LogP contribution is 2.24. The Bertz CT molecular complexity index is 663. The molecule has 130 valence electrons. The van der Waals surface area contributed by atoms with Crippen LogP contribution in [0.5, 0.6) is 5.75 Å². The van der Waals surface area contributed by atoms with E-state index in [9.17, 15) is 13.2 Å². The number of aliphatic imine (C=N–C) groups is 1. The number of halogens is 3. The Hall–Kier alpha value is -2.22. The molecule has 0 bridgehead atoms. The summed E-state index contributed by atoms with van der Waals surface area (Å²) >= 11 is 1.60. The number of rotatable bonds is 7. The van der Waals surface area contributed by atoms with Crippen molar-refractivity contribution in [2.45, 2.75) is 26.6 Å². The minimum atomic E-state index is -3.01. The van der Waals surface area contributed by atoms with Gasteiger partial charge in [0.25, 0.3) is 0 Å². The summed E-state index contributed by atoms with van der Waals surface area (Å²) in [5.74, 6) is -0.369. The smallest absolute Gasteiger partial charge is 0.387 e. The third-order valence-corrected chi connectivity index (χ3v) is 3.92. The van der Waals surface area contributed by atoms with Crippen LogP contribution in [0.3, 0.4) is 0 Å². The highest BCUT2D eigenvalue weighted by molar-refractivity contribution is 7.09. The minimum absolute atomic E-state index is 0.00822. The van der Waals surface area contributed by atoms with Crippen molar-refractivity contribution in [1.29, 1.82) is 0 Å². The molecule has 2 rings (SSSR count). The van der Waals surface area contributed by atoms with Crippen LogP contribution in [0.25, 0.3) is 0 Å². The van der Waals surface area contributed by atoms with Crippen molar-refractivity contribution in [2.24, 2.45) is 4.99 Å². The van der Waals surface area contributed by atoms with Crippen LogP contribution in [0.4, 0.5) is 13.2 Å². The lowest BCUT2D eigenvalue weighted by Crippen LogP contribution is -2.36. The summed E-state index contributed by atoms with van der Waals surface area (Å²) in [5, 5.41) is 8.10. The summed E-state index contributed by atoms with van der Waals surface area (Å²) in [5.41, 5.74) is -0.00822. The molecule has 0 aliphatic carbocycles. The molecule has 8 heteroatoms. The zero-order chi connectivity index (χ0) is 17.4. The molecule has 0 saturated carbocycles. The Kier molecular flexibility index (Phi) is 6.92.